The number of nitrogens with zero attached hydrogens (tertiary/aromatic N) is 4. The fourth-order valence-corrected chi connectivity index (χ4v) is 4.85. The number of ether oxygens (including phenoxy) is 2. The molecule has 60 heavy (non-hydrogen) atoms. The molecule has 0 saturated carbocycles. The van der Waals surface area contributed by atoms with E-state index in [1.54, 1.807) is 0 Å². The summed E-state index contributed by atoms with van der Waals surface area (Å²) in [5.74, 6) is -10.3. The summed E-state index contributed by atoms with van der Waals surface area (Å²) in [6.45, 7) is -5.53. The number of hydrogen-bond donors (Lipinski definition) is 0. The molecule has 0 fully saturated rings. The van der Waals surface area contributed by atoms with Crippen molar-refractivity contribution in [1.29, 1.82) is 10.5 Å². The van der Waals surface area contributed by atoms with Crippen LogP contribution in [0.2, 0.25) is 0 Å². The van der Waals surface area contributed by atoms with Gasteiger partial charge in [-0.15, -0.1) is 0 Å². The van der Waals surface area contributed by atoms with Gasteiger partial charge in [-0.2, -0.15) is 10.5 Å². The van der Waals surface area contributed by atoms with Crippen LogP contribution in [0.25, 0.3) is 24.3 Å². The van der Waals surface area contributed by atoms with E-state index in [1.807, 2.05) is 12.1 Å². The third-order valence-corrected chi connectivity index (χ3v) is 6.99. The number of aliphatic carboxylic acids is 6. The fourth-order valence-electron chi connectivity index (χ4n) is 4.85. The number of carbonyl (C=O) groups excluding carboxylic acids is 6. The van der Waals surface area contributed by atoms with Gasteiger partial charge in [0.1, 0.15) is 24.7 Å². The Hall–Kier alpha value is -1.86. The molecule has 0 bridgehead atoms. The Kier molecular flexibility index (Phi) is 35.4. The van der Waals surface area contributed by atoms with Crippen LogP contribution >= 0.6 is 0 Å². The van der Waals surface area contributed by atoms with Gasteiger partial charge in [-0.05, 0) is 58.7 Å². The van der Waals surface area contributed by atoms with Crippen LogP contribution in [-0.2, 0) is 28.8 Å². The quantitative estimate of drug-likeness (QED) is 0.0751. The average molecular weight is 875 g/mol. The molecule has 0 unspecified atom stereocenters. The summed E-state index contributed by atoms with van der Waals surface area (Å²) >= 11 is 0. The van der Waals surface area contributed by atoms with E-state index in [2.05, 4.69) is 0 Å². The van der Waals surface area contributed by atoms with Crippen LogP contribution < -0.4 is 227 Å². The minimum atomic E-state index is -1.64. The zero-order chi connectivity index (χ0) is 39.9. The largest absolute Gasteiger partial charge is 1.00 e. The molecule has 24 heteroatoms. The van der Waals surface area contributed by atoms with Gasteiger partial charge in [-0.25, -0.2) is 0 Å². The van der Waals surface area contributed by atoms with Crippen molar-refractivity contribution in [3.05, 3.63) is 81.9 Å². The number of rotatable bonds is 20. The van der Waals surface area contributed by atoms with Gasteiger partial charge in [-0.1, -0.05) is 36.4 Å². The molecule has 0 aliphatic heterocycles. The fraction of sp³-hybridized carbons (Fsp3) is 0.167. The van der Waals surface area contributed by atoms with E-state index in [0.29, 0.717) is 11.1 Å². The van der Waals surface area contributed by atoms with Gasteiger partial charge in [0.2, 0.25) is 0 Å². The summed E-state index contributed by atoms with van der Waals surface area (Å²) in [6, 6.07) is 14.7. The predicted molar refractivity (Wildman–Crippen MR) is 172 cm³/mol. The van der Waals surface area contributed by atoms with E-state index in [1.165, 1.54) is 72.8 Å². The number of nitriles is 2. The maximum absolute atomic E-state index is 11.2. The van der Waals surface area contributed by atoms with Crippen LogP contribution in [0.1, 0.15) is 33.4 Å². The van der Waals surface area contributed by atoms with Crippen LogP contribution in [0.4, 0.5) is 11.4 Å². The minimum Gasteiger partial charge on any atom is -0.548 e. The second kappa shape index (κ2) is 32.8. The molecule has 3 rings (SSSR count). The molecule has 0 aromatic heterocycles. The molecular formula is C36H24N4Na6O14. The van der Waals surface area contributed by atoms with Gasteiger partial charge < -0.3 is 78.7 Å². The van der Waals surface area contributed by atoms with Gasteiger partial charge in [0.25, 0.3) is 0 Å². The minimum absolute atomic E-state index is 0. The molecule has 0 heterocycles. The first-order chi connectivity index (χ1) is 25.6. The van der Waals surface area contributed by atoms with Gasteiger partial charge in [0.05, 0.1) is 96.6 Å². The van der Waals surface area contributed by atoms with Crippen LogP contribution in [-0.4, -0.2) is 75.2 Å². The molecular weight excluding hydrogens is 850 g/mol. The molecule has 0 radical (unpaired) electrons. The zero-order valence-corrected chi connectivity index (χ0v) is 45.7. The molecule has 0 N–H and O–H groups in total. The van der Waals surface area contributed by atoms with Gasteiger partial charge >= 0.3 is 177 Å². The summed E-state index contributed by atoms with van der Waals surface area (Å²) < 4.78 is 10.4. The smallest absolute Gasteiger partial charge is 0.548 e. The third-order valence-electron chi connectivity index (χ3n) is 6.99. The van der Waals surface area contributed by atoms with Gasteiger partial charge in [0.15, 0.2) is 0 Å². The maximum atomic E-state index is 11.2. The summed E-state index contributed by atoms with van der Waals surface area (Å²) in [7, 11) is 0. The number of carboxylic acids is 6. The Balaban J connectivity index is -0.00000261. The van der Waals surface area contributed by atoms with Gasteiger partial charge in [-0.3, -0.25) is 0 Å². The van der Waals surface area contributed by atoms with Crippen molar-refractivity contribution in [1.82, 2.24) is 0 Å². The van der Waals surface area contributed by atoms with Crippen LogP contribution in [0, 0.1) is 22.7 Å². The van der Waals surface area contributed by atoms with E-state index >= 15 is 0 Å². The summed E-state index contributed by atoms with van der Waals surface area (Å²) in [5, 5.41) is 86.8. The maximum Gasteiger partial charge on any atom is 1.00 e. The molecule has 278 valence electrons. The third kappa shape index (κ3) is 22.0. The van der Waals surface area contributed by atoms with Crippen molar-refractivity contribution in [3.63, 3.8) is 0 Å². The summed E-state index contributed by atoms with van der Waals surface area (Å²) in [6.07, 6.45) is 5.78. The summed E-state index contributed by atoms with van der Waals surface area (Å²) in [5.41, 5.74) is 1.09. The molecule has 3 aromatic carbocycles. The Morgan fingerprint density at radius 2 is 0.783 bits per heavy atom. The van der Waals surface area contributed by atoms with E-state index in [4.69, 9.17) is 9.47 Å². The van der Waals surface area contributed by atoms with Crippen LogP contribution in [0.15, 0.2) is 48.5 Å². The summed E-state index contributed by atoms with van der Waals surface area (Å²) in [4.78, 5) is 68.7. The van der Waals surface area contributed by atoms with Crippen molar-refractivity contribution < 1.29 is 246 Å². The first-order valence-corrected chi connectivity index (χ1v) is 15.2. The number of carbonyl (C=O) groups is 6. The molecule has 0 aliphatic rings. The topological polar surface area (TPSA) is 313 Å². The molecule has 3 aromatic rings. The zero-order valence-electron chi connectivity index (χ0n) is 33.7. The standard InChI is InChI=1S/C36H30N4O14.6Na/c37-13-25-12-24(6-2-22-4-8-28(30(10-22)54-20-36(51)52)40(17-33(45)46)18-34(47)48)26(14-38)11-23(25)5-1-21-3-7-27(29(9-21)53-19-35(49)50)39(15-31(41)42)16-32(43)44;;;;;;/h1-12H,15-20H2,(H,41,42)(H,43,44)(H,45,46)(H,47,48)(H,49,50)(H,51,52);;;;;;/q;6*+1/p-6/b5-1+,6-2+;;;;;;. The average Bonchev–Trinajstić information content (AvgIpc) is 3.09. The van der Waals surface area contributed by atoms with Crippen LogP contribution in [0.5, 0.6) is 11.5 Å². The Bertz CT molecular complexity index is 1960. The number of hydrogen-bond acceptors (Lipinski definition) is 18. The molecule has 0 amide bonds. The second-order valence-corrected chi connectivity index (χ2v) is 10.9. The predicted octanol–water partition coefficient (Wildman–Crippen LogP) is -23.3. The molecule has 0 aliphatic carbocycles. The van der Waals surface area contributed by atoms with Crippen molar-refractivity contribution in [2.45, 2.75) is 0 Å². The molecule has 0 atom stereocenters. The number of anilines is 2. The Morgan fingerprint density at radius 1 is 0.483 bits per heavy atom. The number of benzene rings is 3. The first-order valence-electron chi connectivity index (χ1n) is 15.2. The molecule has 0 saturated heterocycles. The number of carboxylic acid groups (broad SMARTS) is 6. The van der Waals surface area contributed by atoms with Gasteiger partial charge in [0, 0.05) is 0 Å². The monoisotopic (exact) mass is 874 g/mol. The SMILES string of the molecule is N#Cc1cc(/C=C/c2ccc(N(CC(=O)[O-])CC(=O)[O-])c(OCC(=O)[O-])c2)c(C#N)cc1/C=C/c1ccc(N(CC(=O)[O-])CC(=O)[O-])c(OCC(=O)[O-])c1.[Na+].[Na+].[Na+].[Na+].[Na+].[Na+]. The van der Waals surface area contributed by atoms with Crippen molar-refractivity contribution in [3.8, 4) is 23.6 Å². The van der Waals surface area contributed by atoms with E-state index < -0.39 is 75.2 Å². The molecule has 18 nitrogen and oxygen atoms in total. The Labute approximate surface area is 475 Å². The molecule has 0 spiro atoms. The van der Waals surface area contributed by atoms with Crippen LogP contribution in [0.3, 0.4) is 0 Å². The second-order valence-electron chi connectivity index (χ2n) is 10.9. The van der Waals surface area contributed by atoms with E-state index in [-0.39, 0.29) is 222 Å². The van der Waals surface area contributed by atoms with Crippen molar-refractivity contribution >= 4 is 71.5 Å². The van der Waals surface area contributed by atoms with Crippen molar-refractivity contribution in [2.24, 2.45) is 0 Å². The van der Waals surface area contributed by atoms with E-state index in [0.717, 1.165) is 9.80 Å². The first kappa shape index (κ1) is 64.8. The van der Waals surface area contributed by atoms with Crippen molar-refractivity contribution in [2.75, 3.05) is 49.2 Å². The normalized spacial score (nSPS) is 9.57. The van der Waals surface area contributed by atoms with E-state index in [9.17, 15) is 69.9 Å². The Morgan fingerprint density at radius 3 is 1.03 bits per heavy atom.